The van der Waals surface area contributed by atoms with E-state index in [2.05, 4.69) is 44.3 Å². The molecule has 134 valence electrons. The number of nitrogens with one attached hydrogen (secondary N) is 1. The zero-order chi connectivity index (χ0) is 15.9. The summed E-state index contributed by atoms with van der Waals surface area (Å²) in [7, 11) is 2.34. The maximum absolute atomic E-state index is 2.34. The Morgan fingerprint density at radius 2 is 1.22 bits per heavy atom. The Morgan fingerprint density at radius 3 is 1.78 bits per heavy atom. The summed E-state index contributed by atoms with van der Waals surface area (Å²) in [6.07, 6.45) is 15.6. The highest BCUT2D eigenvalue weighted by Crippen LogP contribution is 2.10. The first kappa shape index (κ1) is 22.5. The van der Waals surface area contributed by atoms with Crippen molar-refractivity contribution in [1.29, 1.82) is 0 Å². The summed E-state index contributed by atoms with van der Waals surface area (Å²) in [4.78, 5) is 1.68. The summed E-state index contributed by atoms with van der Waals surface area (Å²) < 4.78 is 0. The van der Waals surface area contributed by atoms with Crippen LogP contribution in [0.25, 0.3) is 0 Å². The third-order valence-corrected chi connectivity index (χ3v) is 4.64. The van der Waals surface area contributed by atoms with E-state index in [1.165, 1.54) is 89.3 Å². The van der Waals surface area contributed by atoms with Gasteiger partial charge < -0.3 is 17.3 Å². The maximum atomic E-state index is 2.34. The second kappa shape index (κ2) is 16.3. The van der Waals surface area contributed by atoms with Gasteiger partial charge in [0.1, 0.15) is 0 Å². The summed E-state index contributed by atoms with van der Waals surface area (Å²) in [5.41, 5.74) is 1.48. The van der Waals surface area contributed by atoms with Crippen molar-refractivity contribution >= 4 is 0 Å². The summed E-state index contributed by atoms with van der Waals surface area (Å²) in [6.45, 7) is 4.89. The third kappa shape index (κ3) is 13.6. The Morgan fingerprint density at radius 1 is 0.696 bits per heavy atom. The Kier molecular flexibility index (Phi) is 16.0. The number of likely N-dealkylation sites (N-methyl/N-ethyl adjacent to an activating group) is 1. The van der Waals surface area contributed by atoms with E-state index >= 15 is 0 Å². The van der Waals surface area contributed by atoms with Crippen molar-refractivity contribution in [2.75, 3.05) is 20.1 Å². The molecule has 0 heterocycles. The molecule has 1 aromatic rings. The van der Waals surface area contributed by atoms with Gasteiger partial charge in [0.15, 0.2) is 0 Å². The lowest BCUT2D eigenvalue weighted by Crippen LogP contribution is -3.09. The summed E-state index contributed by atoms with van der Waals surface area (Å²) >= 11 is 0. The molecule has 2 heteroatoms. The van der Waals surface area contributed by atoms with E-state index in [0.717, 1.165) is 0 Å². The summed E-state index contributed by atoms with van der Waals surface area (Å²) in [5, 5.41) is 0. The topological polar surface area (TPSA) is 4.44 Å². The molecule has 0 saturated carbocycles. The van der Waals surface area contributed by atoms with Crippen LogP contribution in [0.4, 0.5) is 0 Å². The van der Waals surface area contributed by atoms with Crippen LogP contribution in [-0.4, -0.2) is 20.1 Å². The Balaban J connectivity index is 0.00000484. The third-order valence-electron chi connectivity index (χ3n) is 4.64. The van der Waals surface area contributed by atoms with Gasteiger partial charge in [-0.05, 0) is 18.4 Å². The molecule has 0 radical (unpaired) electrons. The molecule has 1 N–H and O–H groups in total. The van der Waals surface area contributed by atoms with E-state index in [4.69, 9.17) is 0 Å². The molecule has 0 aliphatic rings. The first-order valence-corrected chi connectivity index (χ1v) is 9.68. The molecule has 23 heavy (non-hydrogen) atoms. The van der Waals surface area contributed by atoms with Gasteiger partial charge in [-0.15, -0.1) is 0 Å². The molecule has 1 rings (SSSR count). The molecule has 0 saturated heterocycles. The van der Waals surface area contributed by atoms with Crippen molar-refractivity contribution in [1.82, 2.24) is 0 Å². The average molecular weight is 340 g/mol. The molecular formula is C21H38ClN. The van der Waals surface area contributed by atoms with Crippen LogP contribution in [0.3, 0.4) is 0 Å². The number of hydrogen-bond donors (Lipinski definition) is 1. The number of rotatable bonds is 14. The van der Waals surface area contributed by atoms with E-state index in [1.807, 2.05) is 0 Å². The predicted octanol–water partition coefficient (Wildman–Crippen LogP) is 1.67. The van der Waals surface area contributed by atoms with Gasteiger partial charge in [-0.3, -0.25) is 0 Å². The lowest BCUT2D eigenvalue weighted by molar-refractivity contribution is -0.879. The Hall–Kier alpha value is -0.530. The highest BCUT2D eigenvalue weighted by Gasteiger charge is 2.02. The molecule has 1 unspecified atom stereocenters. The monoisotopic (exact) mass is 339 g/mol. The van der Waals surface area contributed by atoms with Crippen LogP contribution >= 0.6 is 0 Å². The molecule has 1 nitrogen and oxygen atoms in total. The van der Waals surface area contributed by atoms with Gasteiger partial charge in [0.25, 0.3) is 0 Å². The van der Waals surface area contributed by atoms with Gasteiger partial charge in [-0.1, -0.05) is 88.6 Å². The van der Waals surface area contributed by atoms with E-state index in [-0.39, 0.29) is 12.4 Å². The summed E-state index contributed by atoms with van der Waals surface area (Å²) in [5.74, 6) is 0. The van der Waals surface area contributed by atoms with Crippen molar-refractivity contribution in [3.63, 3.8) is 0 Å². The summed E-state index contributed by atoms with van der Waals surface area (Å²) in [6, 6.07) is 10.9. The Bertz CT molecular complexity index is 339. The minimum absolute atomic E-state index is 0. The van der Waals surface area contributed by atoms with Crippen LogP contribution in [0.2, 0.25) is 0 Å². The molecule has 0 spiro atoms. The zero-order valence-corrected chi connectivity index (χ0v) is 16.2. The normalized spacial score (nSPS) is 11.9. The van der Waals surface area contributed by atoms with Crippen LogP contribution in [0.5, 0.6) is 0 Å². The van der Waals surface area contributed by atoms with Gasteiger partial charge in [0.05, 0.1) is 20.1 Å². The first-order chi connectivity index (χ1) is 10.8. The van der Waals surface area contributed by atoms with Crippen molar-refractivity contribution in [2.45, 2.75) is 77.6 Å². The molecule has 0 aromatic heterocycles. The molecular weight excluding hydrogens is 302 g/mol. The molecule has 1 atom stereocenters. The molecule has 0 bridgehead atoms. The van der Waals surface area contributed by atoms with Gasteiger partial charge >= 0.3 is 0 Å². The van der Waals surface area contributed by atoms with Crippen LogP contribution in [-0.2, 0) is 6.42 Å². The van der Waals surface area contributed by atoms with Crippen LogP contribution in [0, 0.1) is 0 Å². The van der Waals surface area contributed by atoms with Crippen LogP contribution in [0.15, 0.2) is 30.3 Å². The smallest absolute Gasteiger partial charge is 0.0809 e. The fraction of sp³-hybridized carbons (Fsp3) is 0.714. The standard InChI is InChI=1S/C21H37N.ClH/c1-3-4-5-6-7-8-9-10-11-15-19-22(2)20-18-21-16-13-12-14-17-21;/h12-14,16-17H,3-11,15,18-20H2,1-2H3;1H. The van der Waals surface area contributed by atoms with E-state index in [1.54, 1.807) is 4.90 Å². The molecule has 0 amide bonds. The van der Waals surface area contributed by atoms with Gasteiger partial charge in [0.2, 0.25) is 0 Å². The average Bonchev–Trinajstić information content (AvgIpc) is 2.55. The number of unbranched alkanes of at least 4 members (excludes halogenated alkanes) is 9. The molecule has 0 aliphatic carbocycles. The van der Waals surface area contributed by atoms with Crippen molar-refractivity contribution < 1.29 is 17.3 Å². The van der Waals surface area contributed by atoms with Crippen LogP contribution < -0.4 is 17.3 Å². The van der Waals surface area contributed by atoms with E-state index in [0.29, 0.717) is 0 Å². The highest BCUT2D eigenvalue weighted by atomic mass is 35.5. The molecule has 0 fully saturated rings. The quantitative estimate of drug-likeness (QED) is 0.492. The van der Waals surface area contributed by atoms with Gasteiger partial charge in [-0.25, -0.2) is 0 Å². The molecule has 1 aromatic carbocycles. The van der Waals surface area contributed by atoms with Crippen molar-refractivity contribution in [2.24, 2.45) is 0 Å². The minimum atomic E-state index is 0. The number of quaternary nitrogens is 1. The fourth-order valence-corrected chi connectivity index (χ4v) is 3.04. The predicted molar refractivity (Wildman–Crippen MR) is 98.6 cm³/mol. The highest BCUT2D eigenvalue weighted by molar-refractivity contribution is 5.14. The van der Waals surface area contributed by atoms with E-state index < -0.39 is 0 Å². The van der Waals surface area contributed by atoms with Gasteiger partial charge in [-0.2, -0.15) is 0 Å². The Labute approximate surface area is 151 Å². The second-order valence-corrected chi connectivity index (χ2v) is 6.87. The lowest BCUT2D eigenvalue weighted by atomic mass is 10.1. The van der Waals surface area contributed by atoms with Crippen LogP contribution in [0.1, 0.15) is 76.7 Å². The zero-order valence-electron chi connectivity index (χ0n) is 15.5. The largest absolute Gasteiger partial charge is 1.00 e. The van der Waals surface area contributed by atoms with Crippen molar-refractivity contribution in [3.8, 4) is 0 Å². The van der Waals surface area contributed by atoms with Gasteiger partial charge in [0, 0.05) is 6.42 Å². The minimum Gasteiger partial charge on any atom is -1.00 e. The number of hydrogen-bond acceptors (Lipinski definition) is 0. The number of benzene rings is 1. The lowest BCUT2D eigenvalue weighted by Gasteiger charge is -2.13. The molecule has 0 aliphatic heterocycles. The number of halogens is 1. The van der Waals surface area contributed by atoms with E-state index in [9.17, 15) is 0 Å². The SMILES string of the molecule is CCCCCCCCCCCC[NH+](C)CCc1ccccc1.[Cl-]. The van der Waals surface area contributed by atoms with Crippen molar-refractivity contribution in [3.05, 3.63) is 35.9 Å². The fourth-order valence-electron chi connectivity index (χ4n) is 3.04. The maximum Gasteiger partial charge on any atom is 0.0809 e. The first-order valence-electron chi connectivity index (χ1n) is 9.68. The second-order valence-electron chi connectivity index (χ2n) is 6.87.